The fraction of sp³-hybridized carbons (Fsp3) is 0.211. The molecule has 3 aromatic rings. The van der Waals surface area contributed by atoms with E-state index in [1.54, 1.807) is 54.7 Å². The number of sulfonamides is 1. The second-order valence-electron chi connectivity index (χ2n) is 6.91. The predicted octanol–water partition coefficient (Wildman–Crippen LogP) is 1.61. The minimum atomic E-state index is -3.85. The van der Waals surface area contributed by atoms with Crippen molar-refractivity contribution in [2.24, 2.45) is 0 Å². The van der Waals surface area contributed by atoms with Crippen molar-refractivity contribution in [1.29, 1.82) is 0 Å². The van der Waals surface area contributed by atoms with Crippen LogP contribution in [0.25, 0.3) is 10.9 Å². The molecule has 10 heteroatoms. The molecule has 29 heavy (non-hydrogen) atoms. The number of aliphatic hydroxyl groups excluding tert-OH is 1. The van der Waals surface area contributed by atoms with Crippen molar-refractivity contribution in [2.45, 2.75) is 17.0 Å². The quantitative estimate of drug-likeness (QED) is 0.558. The second kappa shape index (κ2) is 7.29. The maximum Gasteiger partial charge on any atom is 0.264 e. The third kappa shape index (κ3) is 4.19. The summed E-state index contributed by atoms with van der Waals surface area (Å²) in [5, 5.41) is 13.6. The van der Waals surface area contributed by atoms with Crippen molar-refractivity contribution >= 4 is 42.1 Å². The van der Waals surface area contributed by atoms with Crippen LogP contribution < -0.4 is 10.0 Å². The molecule has 1 saturated heterocycles. The number of aliphatic hydroxyl groups is 1. The van der Waals surface area contributed by atoms with Gasteiger partial charge in [-0.3, -0.25) is 9.71 Å². The van der Waals surface area contributed by atoms with Crippen LogP contribution in [0.3, 0.4) is 0 Å². The predicted molar refractivity (Wildman–Crippen MR) is 111 cm³/mol. The Morgan fingerprint density at radius 1 is 0.966 bits per heavy atom. The van der Waals surface area contributed by atoms with Gasteiger partial charge in [0.05, 0.1) is 29.2 Å². The Morgan fingerprint density at radius 3 is 2.34 bits per heavy atom. The number of hydrogen-bond acceptors (Lipinski definition) is 7. The molecule has 0 unspecified atom stereocenters. The summed E-state index contributed by atoms with van der Waals surface area (Å²) in [7, 11) is -7.11. The number of nitrogens with zero attached hydrogens (tertiary/aromatic N) is 1. The van der Waals surface area contributed by atoms with E-state index in [0.29, 0.717) is 16.9 Å². The van der Waals surface area contributed by atoms with Gasteiger partial charge in [-0.25, -0.2) is 16.8 Å². The van der Waals surface area contributed by atoms with Crippen LogP contribution in [0.5, 0.6) is 0 Å². The van der Waals surface area contributed by atoms with Crippen LogP contribution in [0, 0.1) is 0 Å². The molecule has 8 nitrogen and oxygen atoms in total. The number of sulfone groups is 1. The highest BCUT2D eigenvalue weighted by Crippen LogP contribution is 2.25. The van der Waals surface area contributed by atoms with Crippen LogP contribution in [-0.4, -0.2) is 50.6 Å². The Morgan fingerprint density at radius 2 is 1.66 bits per heavy atom. The summed E-state index contributed by atoms with van der Waals surface area (Å²) < 4.78 is 51.4. The summed E-state index contributed by atoms with van der Waals surface area (Å²) in [4.78, 5) is 4.26. The van der Waals surface area contributed by atoms with Gasteiger partial charge in [-0.2, -0.15) is 0 Å². The number of nitrogens with one attached hydrogen (secondary N) is 2. The molecule has 2 atom stereocenters. The van der Waals surface area contributed by atoms with Gasteiger partial charge < -0.3 is 10.4 Å². The maximum absolute atomic E-state index is 12.8. The monoisotopic (exact) mass is 433 g/mol. The highest BCUT2D eigenvalue weighted by molar-refractivity contribution is 7.93. The number of aromatic nitrogens is 1. The Bertz CT molecular complexity index is 1250. The first-order valence-corrected chi connectivity index (χ1v) is 12.2. The summed E-state index contributed by atoms with van der Waals surface area (Å²) in [5.74, 6) is -0.405. The van der Waals surface area contributed by atoms with E-state index in [2.05, 4.69) is 15.0 Å². The minimum Gasteiger partial charge on any atom is -0.390 e. The molecule has 4 rings (SSSR count). The second-order valence-corrected chi connectivity index (χ2v) is 10.7. The summed E-state index contributed by atoms with van der Waals surface area (Å²) in [5.41, 5.74) is 1.32. The van der Waals surface area contributed by atoms with Crippen molar-refractivity contribution in [2.75, 3.05) is 21.5 Å². The van der Waals surface area contributed by atoms with E-state index in [4.69, 9.17) is 0 Å². The molecule has 0 saturated carbocycles. The van der Waals surface area contributed by atoms with Gasteiger partial charge >= 0.3 is 0 Å². The lowest BCUT2D eigenvalue weighted by atomic mass is 10.2. The first-order valence-electron chi connectivity index (χ1n) is 8.85. The first-order chi connectivity index (χ1) is 13.7. The average molecular weight is 434 g/mol. The summed E-state index contributed by atoms with van der Waals surface area (Å²) in [6.45, 7) is 0. The van der Waals surface area contributed by atoms with Crippen LogP contribution in [-0.2, 0) is 19.9 Å². The lowest BCUT2D eigenvalue weighted by Crippen LogP contribution is -2.31. The molecule has 1 fully saturated rings. The molecule has 0 spiro atoms. The molecular formula is C19H19N3O5S2. The Labute approximate surface area is 168 Å². The molecule has 2 aromatic carbocycles. The molecule has 1 aliphatic rings. The molecule has 152 valence electrons. The zero-order chi connectivity index (χ0) is 20.6. The highest BCUT2D eigenvalue weighted by Gasteiger charge is 2.36. The van der Waals surface area contributed by atoms with E-state index in [1.165, 1.54) is 6.07 Å². The van der Waals surface area contributed by atoms with E-state index in [9.17, 15) is 21.9 Å². The third-order valence-electron chi connectivity index (χ3n) is 4.70. The van der Waals surface area contributed by atoms with Crippen molar-refractivity contribution in [1.82, 2.24) is 4.98 Å². The van der Waals surface area contributed by atoms with Gasteiger partial charge in [-0.15, -0.1) is 0 Å². The number of anilines is 2. The normalized spacial score (nSPS) is 21.1. The van der Waals surface area contributed by atoms with E-state index >= 15 is 0 Å². The SMILES string of the molecule is O=S1(=O)C[C@H](Nc2ccc(NS(=O)(=O)c3cccc4cccnc34)cc2)[C@@H](O)C1. The molecule has 3 N–H and O–H groups in total. The average Bonchev–Trinajstić information content (AvgIpc) is 2.94. The molecule has 1 aromatic heterocycles. The maximum atomic E-state index is 12.8. The Hall–Kier alpha value is -2.69. The molecule has 0 aliphatic carbocycles. The van der Waals surface area contributed by atoms with Crippen molar-refractivity contribution < 1.29 is 21.9 Å². The van der Waals surface area contributed by atoms with Crippen molar-refractivity contribution in [3.05, 3.63) is 60.8 Å². The lowest BCUT2D eigenvalue weighted by Gasteiger charge is -2.17. The number of rotatable bonds is 5. The fourth-order valence-electron chi connectivity index (χ4n) is 3.32. The minimum absolute atomic E-state index is 0.0806. The number of fused-ring (bicyclic) bond motifs is 1. The van der Waals surface area contributed by atoms with Crippen LogP contribution in [0.4, 0.5) is 11.4 Å². The third-order valence-corrected chi connectivity index (χ3v) is 7.83. The first kappa shape index (κ1) is 19.6. The van der Waals surface area contributed by atoms with E-state index < -0.39 is 32.0 Å². The van der Waals surface area contributed by atoms with Crippen molar-refractivity contribution in [3.63, 3.8) is 0 Å². The standard InChI is InChI=1S/C19H19N3O5S2/c23-17-12-28(24,25)11-16(17)21-14-6-8-15(9-7-14)22-29(26,27)18-5-1-3-13-4-2-10-20-19(13)18/h1-10,16-17,21-23H,11-12H2/t16-,17-/m0/s1. The Balaban J connectivity index is 1.52. The van der Waals surface area contributed by atoms with Gasteiger partial charge in [-0.1, -0.05) is 18.2 Å². The van der Waals surface area contributed by atoms with Gasteiger partial charge in [0, 0.05) is 23.0 Å². The number of hydrogen-bond donors (Lipinski definition) is 3. The van der Waals surface area contributed by atoms with Crippen LogP contribution in [0.1, 0.15) is 0 Å². The molecule has 0 bridgehead atoms. The van der Waals surface area contributed by atoms with Gasteiger partial charge in [0.25, 0.3) is 10.0 Å². The van der Waals surface area contributed by atoms with Crippen LogP contribution in [0.2, 0.25) is 0 Å². The zero-order valence-electron chi connectivity index (χ0n) is 15.2. The van der Waals surface area contributed by atoms with E-state index in [0.717, 1.165) is 5.39 Å². The van der Waals surface area contributed by atoms with Gasteiger partial charge in [0.2, 0.25) is 0 Å². The van der Waals surface area contributed by atoms with Crippen molar-refractivity contribution in [3.8, 4) is 0 Å². The lowest BCUT2D eigenvalue weighted by molar-refractivity contribution is 0.190. The summed E-state index contributed by atoms with van der Waals surface area (Å²) in [6.07, 6.45) is 0.566. The fourth-order valence-corrected chi connectivity index (χ4v) is 6.30. The zero-order valence-corrected chi connectivity index (χ0v) is 16.8. The van der Waals surface area contributed by atoms with Crippen LogP contribution >= 0.6 is 0 Å². The molecule has 1 aliphatic heterocycles. The van der Waals surface area contributed by atoms with E-state index in [1.807, 2.05) is 0 Å². The Kier molecular flexibility index (Phi) is 4.93. The number of pyridine rings is 1. The van der Waals surface area contributed by atoms with Gasteiger partial charge in [0.1, 0.15) is 4.90 Å². The number of benzene rings is 2. The largest absolute Gasteiger partial charge is 0.390 e. The highest BCUT2D eigenvalue weighted by atomic mass is 32.2. The molecule has 0 amide bonds. The molecule has 2 heterocycles. The topological polar surface area (TPSA) is 125 Å². The van der Waals surface area contributed by atoms with Crippen LogP contribution in [0.15, 0.2) is 65.7 Å². The smallest absolute Gasteiger partial charge is 0.264 e. The molecular weight excluding hydrogens is 414 g/mol. The van der Waals surface area contributed by atoms with E-state index in [-0.39, 0.29) is 16.4 Å². The summed E-state index contributed by atoms with van der Waals surface area (Å²) in [6, 6.07) is 14.3. The summed E-state index contributed by atoms with van der Waals surface area (Å²) >= 11 is 0. The van der Waals surface area contributed by atoms with Gasteiger partial charge in [-0.05, 0) is 36.4 Å². The molecule has 0 radical (unpaired) electrons. The van der Waals surface area contributed by atoms with Gasteiger partial charge in [0.15, 0.2) is 9.84 Å². The number of para-hydroxylation sites is 1.